The SMILES string of the molecule is C.c1ccc(-c2nc(-c3ccccc3)nc(-c3cccc4c3Cc3c(-c5ccccc5)cccc3-4)n2)cc1. The smallest absolute Gasteiger partial charge is 0.164 e. The van der Waals surface area contributed by atoms with E-state index in [4.69, 9.17) is 15.0 Å². The van der Waals surface area contributed by atoms with Gasteiger partial charge in [-0.05, 0) is 33.4 Å². The number of rotatable bonds is 4. The summed E-state index contributed by atoms with van der Waals surface area (Å²) < 4.78 is 0. The molecule has 0 saturated carbocycles. The number of hydrogen-bond donors (Lipinski definition) is 0. The highest BCUT2D eigenvalue weighted by Crippen LogP contribution is 2.44. The predicted molar refractivity (Wildman–Crippen MR) is 157 cm³/mol. The molecule has 0 aliphatic heterocycles. The van der Waals surface area contributed by atoms with E-state index in [0.29, 0.717) is 17.5 Å². The van der Waals surface area contributed by atoms with Crippen molar-refractivity contribution in [1.82, 2.24) is 15.0 Å². The number of aromatic nitrogens is 3. The number of fused-ring (bicyclic) bond motifs is 3. The summed E-state index contributed by atoms with van der Waals surface area (Å²) in [6, 6.07) is 44.0. The average Bonchev–Trinajstić information content (AvgIpc) is 3.37. The van der Waals surface area contributed by atoms with Crippen molar-refractivity contribution >= 4 is 0 Å². The highest BCUT2D eigenvalue weighted by molar-refractivity contribution is 5.88. The van der Waals surface area contributed by atoms with Crippen molar-refractivity contribution in [3.05, 3.63) is 139 Å². The number of nitrogens with zero attached hydrogens (tertiary/aromatic N) is 3. The van der Waals surface area contributed by atoms with E-state index < -0.39 is 0 Å². The third kappa shape index (κ3) is 4.08. The van der Waals surface area contributed by atoms with Crippen molar-refractivity contribution in [2.24, 2.45) is 0 Å². The normalized spacial score (nSPS) is 11.4. The minimum atomic E-state index is 0. The van der Waals surface area contributed by atoms with E-state index in [1.54, 1.807) is 0 Å². The van der Waals surface area contributed by atoms with Gasteiger partial charge in [0.15, 0.2) is 17.5 Å². The summed E-state index contributed by atoms with van der Waals surface area (Å²) >= 11 is 0. The zero-order valence-corrected chi connectivity index (χ0v) is 20.2. The topological polar surface area (TPSA) is 38.7 Å². The van der Waals surface area contributed by atoms with E-state index in [1.165, 1.54) is 33.4 Å². The minimum absolute atomic E-state index is 0. The first-order valence-electron chi connectivity index (χ1n) is 12.5. The molecule has 0 atom stereocenters. The zero-order chi connectivity index (χ0) is 24.6. The Kier molecular flexibility index (Phi) is 6.11. The highest BCUT2D eigenvalue weighted by Gasteiger charge is 2.25. The molecular formula is C35H27N3. The minimum Gasteiger partial charge on any atom is -0.208 e. The molecule has 0 N–H and O–H groups in total. The molecule has 0 radical (unpaired) electrons. The van der Waals surface area contributed by atoms with E-state index in [0.717, 1.165) is 23.1 Å². The molecule has 0 spiro atoms. The van der Waals surface area contributed by atoms with Gasteiger partial charge in [0, 0.05) is 23.1 Å². The Morgan fingerprint density at radius 2 is 0.737 bits per heavy atom. The third-order valence-electron chi connectivity index (χ3n) is 7.02. The molecule has 1 aliphatic rings. The van der Waals surface area contributed by atoms with E-state index in [1.807, 2.05) is 60.7 Å². The van der Waals surface area contributed by atoms with Crippen LogP contribution in [0.25, 0.3) is 56.4 Å². The van der Waals surface area contributed by atoms with E-state index in [9.17, 15) is 0 Å². The van der Waals surface area contributed by atoms with Crippen LogP contribution in [0.5, 0.6) is 0 Å². The molecule has 3 heteroatoms. The average molecular weight is 490 g/mol. The van der Waals surface area contributed by atoms with Crippen molar-refractivity contribution in [3.63, 3.8) is 0 Å². The van der Waals surface area contributed by atoms with Crippen molar-refractivity contribution in [2.75, 3.05) is 0 Å². The highest BCUT2D eigenvalue weighted by atomic mass is 15.0. The lowest BCUT2D eigenvalue weighted by Gasteiger charge is -2.11. The summed E-state index contributed by atoms with van der Waals surface area (Å²) in [5.74, 6) is 2.07. The largest absolute Gasteiger partial charge is 0.208 e. The maximum Gasteiger partial charge on any atom is 0.164 e. The van der Waals surface area contributed by atoms with Crippen molar-refractivity contribution in [1.29, 1.82) is 0 Å². The first-order chi connectivity index (χ1) is 18.3. The van der Waals surface area contributed by atoms with Crippen molar-refractivity contribution in [2.45, 2.75) is 13.8 Å². The Morgan fingerprint density at radius 3 is 1.26 bits per heavy atom. The third-order valence-corrected chi connectivity index (χ3v) is 7.02. The predicted octanol–water partition coefficient (Wildman–Crippen LogP) is 8.75. The monoisotopic (exact) mass is 489 g/mol. The molecule has 182 valence electrons. The number of hydrogen-bond acceptors (Lipinski definition) is 3. The Bertz CT molecular complexity index is 1670. The molecule has 3 nitrogen and oxygen atoms in total. The molecule has 1 aromatic heterocycles. The molecule has 0 unspecified atom stereocenters. The Labute approximate surface area is 223 Å². The Balaban J connectivity index is 0.00000264. The summed E-state index contributed by atoms with van der Waals surface area (Å²) in [5, 5.41) is 0. The van der Waals surface area contributed by atoms with Gasteiger partial charge in [0.1, 0.15) is 0 Å². The summed E-state index contributed by atoms with van der Waals surface area (Å²) in [6.07, 6.45) is 0.846. The van der Waals surface area contributed by atoms with Crippen LogP contribution in [0.15, 0.2) is 127 Å². The van der Waals surface area contributed by atoms with Crippen molar-refractivity contribution in [3.8, 4) is 56.4 Å². The maximum absolute atomic E-state index is 5.00. The second-order valence-corrected chi connectivity index (χ2v) is 9.24. The van der Waals surface area contributed by atoms with Gasteiger partial charge in [0.25, 0.3) is 0 Å². The maximum atomic E-state index is 5.00. The summed E-state index contributed by atoms with van der Waals surface area (Å²) in [5.41, 5.74) is 10.7. The fourth-order valence-corrected chi connectivity index (χ4v) is 5.26. The zero-order valence-electron chi connectivity index (χ0n) is 20.2. The molecular weight excluding hydrogens is 462 g/mol. The van der Waals surface area contributed by atoms with E-state index in [-0.39, 0.29) is 7.43 Å². The van der Waals surface area contributed by atoms with Crippen LogP contribution in [-0.2, 0) is 6.42 Å². The molecule has 0 fully saturated rings. The van der Waals surface area contributed by atoms with Gasteiger partial charge in [-0.2, -0.15) is 0 Å². The Hall–Kier alpha value is -4.89. The quantitative estimate of drug-likeness (QED) is 0.248. The van der Waals surface area contributed by atoms with Crippen LogP contribution in [0.4, 0.5) is 0 Å². The molecule has 5 aromatic carbocycles. The van der Waals surface area contributed by atoms with Crippen LogP contribution >= 0.6 is 0 Å². The molecule has 0 amide bonds. The van der Waals surface area contributed by atoms with Gasteiger partial charge in [-0.15, -0.1) is 0 Å². The molecule has 0 saturated heterocycles. The molecule has 6 aromatic rings. The van der Waals surface area contributed by atoms with Crippen LogP contribution in [0.1, 0.15) is 18.6 Å². The van der Waals surface area contributed by atoms with Crippen LogP contribution in [0.3, 0.4) is 0 Å². The van der Waals surface area contributed by atoms with E-state index in [2.05, 4.69) is 66.7 Å². The van der Waals surface area contributed by atoms with Gasteiger partial charge in [-0.3, -0.25) is 0 Å². The first-order valence-corrected chi connectivity index (χ1v) is 12.5. The fraction of sp³-hybridized carbons (Fsp3) is 0.0571. The first kappa shape index (κ1) is 23.5. The second kappa shape index (κ2) is 9.87. The van der Waals surface area contributed by atoms with Gasteiger partial charge in [-0.1, -0.05) is 135 Å². The lowest BCUT2D eigenvalue weighted by molar-refractivity contribution is 1.07. The van der Waals surface area contributed by atoms with Gasteiger partial charge >= 0.3 is 0 Å². The number of benzene rings is 5. The Morgan fingerprint density at radius 1 is 0.342 bits per heavy atom. The van der Waals surface area contributed by atoms with Crippen LogP contribution in [0.2, 0.25) is 0 Å². The van der Waals surface area contributed by atoms with Crippen LogP contribution < -0.4 is 0 Å². The molecule has 1 heterocycles. The van der Waals surface area contributed by atoms with Gasteiger partial charge in [0.2, 0.25) is 0 Å². The standard InChI is InChI=1S/C34H23N3.CH4/c1-4-12-23(13-5-1)26-18-10-19-27-28-20-11-21-29(31(28)22-30(26)27)34-36-32(24-14-6-2-7-15-24)35-33(37-34)25-16-8-3-9-17-25;/h1-21H,22H2;1H4. The summed E-state index contributed by atoms with van der Waals surface area (Å²) in [6.45, 7) is 0. The van der Waals surface area contributed by atoms with E-state index >= 15 is 0 Å². The molecule has 0 bridgehead atoms. The fourth-order valence-electron chi connectivity index (χ4n) is 5.26. The molecule has 38 heavy (non-hydrogen) atoms. The van der Waals surface area contributed by atoms with Crippen molar-refractivity contribution < 1.29 is 0 Å². The van der Waals surface area contributed by atoms with Gasteiger partial charge in [-0.25, -0.2) is 15.0 Å². The summed E-state index contributed by atoms with van der Waals surface area (Å²) in [4.78, 5) is 14.9. The second-order valence-electron chi connectivity index (χ2n) is 9.24. The molecule has 7 rings (SSSR count). The summed E-state index contributed by atoms with van der Waals surface area (Å²) in [7, 11) is 0. The van der Waals surface area contributed by atoms with Crippen LogP contribution in [0, 0.1) is 0 Å². The van der Waals surface area contributed by atoms with Gasteiger partial charge < -0.3 is 0 Å². The lowest BCUT2D eigenvalue weighted by atomic mass is 9.96. The van der Waals surface area contributed by atoms with Crippen LogP contribution in [-0.4, -0.2) is 15.0 Å². The molecule has 1 aliphatic carbocycles. The van der Waals surface area contributed by atoms with Gasteiger partial charge in [0.05, 0.1) is 0 Å². The lowest BCUT2D eigenvalue weighted by Crippen LogP contribution is -2.01.